The van der Waals surface area contributed by atoms with Crippen LogP contribution in [0.15, 0.2) is 0 Å². The van der Waals surface area contributed by atoms with E-state index in [1.54, 1.807) is 0 Å². The Morgan fingerprint density at radius 3 is 2.33 bits per heavy atom. The molecule has 6 heteroatoms. The van der Waals surface area contributed by atoms with Crippen LogP contribution in [0.5, 0.6) is 0 Å². The Balaban J connectivity index is 2.02. The summed E-state index contributed by atoms with van der Waals surface area (Å²) in [6, 6.07) is 0.374. The highest BCUT2D eigenvalue weighted by atomic mass is 16.6. The van der Waals surface area contributed by atoms with Crippen LogP contribution in [0.25, 0.3) is 0 Å². The molecule has 0 aromatic carbocycles. The molecular formula is C15H29N3O3. The smallest absolute Gasteiger partial charge is 0.407 e. The summed E-state index contributed by atoms with van der Waals surface area (Å²) in [7, 11) is 0. The molecular weight excluding hydrogens is 270 g/mol. The van der Waals surface area contributed by atoms with Gasteiger partial charge in [-0.3, -0.25) is 0 Å². The maximum absolute atomic E-state index is 11.9. The van der Waals surface area contributed by atoms with E-state index in [1.807, 2.05) is 25.7 Å². The highest BCUT2D eigenvalue weighted by molar-refractivity contribution is 5.74. The van der Waals surface area contributed by atoms with Gasteiger partial charge in [0, 0.05) is 25.7 Å². The van der Waals surface area contributed by atoms with Crippen molar-refractivity contribution >= 4 is 12.1 Å². The number of alkyl carbamates (subject to hydrolysis) is 1. The number of nitrogens with zero attached hydrogens (tertiary/aromatic N) is 1. The molecule has 0 aromatic heterocycles. The van der Waals surface area contributed by atoms with Crippen LogP contribution in [0.2, 0.25) is 0 Å². The molecule has 3 amide bonds. The second-order valence-corrected chi connectivity index (χ2v) is 6.55. The maximum Gasteiger partial charge on any atom is 0.407 e. The van der Waals surface area contributed by atoms with E-state index in [1.165, 1.54) is 0 Å². The normalized spacial score (nSPS) is 18.5. The van der Waals surface area contributed by atoms with Gasteiger partial charge in [-0.1, -0.05) is 0 Å². The SMILES string of the molecule is C[C@@H]1CCCN1C(=O)NCCCCNC(=O)OC(C)(C)C. The summed E-state index contributed by atoms with van der Waals surface area (Å²) in [5, 5.41) is 5.63. The van der Waals surface area contributed by atoms with Crippen molar-refractivity contribution in [3.63, 3.8) is 0 Å². The molecule has 0 radical (unpaired) electrons. The highest BCUT2D eigenvalue weighted by Crippen LogP contribution is 2.15. The zero-order valence-electron chi connectivity index (χ0n) is 13.7. The zero-order chi connectivity index (χ0) is 15.9. The Morgan fingerprint density at radius 2 is 1.81 bits per heavy atom. The van der Waals surface area contributed by atoms with E-state index in [0.29, 0.717) is 19.1 Å². The van der Waals surface area contributed by atoms with Crippen LogP contribution >= 0.6 is 0 Å². The van der Waals surface area contributed by atoms with Crippen LogP contribution in [-0.2, 0) is 4.74 Å². The molecule has 0 spiro atoms. The van der Waals surface area contributed by atoms with Crippen LogP contribution in [0.4, 0.5) is 9.59 Å². The van der Waals surface area contributed by atoms with Crippen molar-refractivity contribution in [3.8, 4) is 0 Å². The molecule has 1 saturated heterocycles. The molecule has 1 heterocycles. The average molecular weight is 299 g/mol. The fourth-order valence-corrected chi connectivity index (χ4v) is 2.29. The van der Waals surface area contributed by atoms with Crippen molar-refractivity contribution in [2.24, 2.45) is 0 Å². The van der Waals surface area contributed by atoms with Crippen LogP contribution in [0.3, 0.4) is 0 Å². The van der Waals surface area contributed by atoms with Gasteiger partial charge in [0.1, 0.15) is 5.60 Å². The van der Waals surface area contributed by atoms with Crippen molar-refractivity contribution < 1.29 is 14.3 Å². The van der Waals surface area contributed by atoms with Gasteiger partial charge in [-0.2, -0.15) is 0 Å². The third-order valence-electron chi connectivity index (χ3n) is 3.36. The predicted octanol–water partition coefficient (Wildman–Crippen LogP) is 2.49. The first-order valence-corrected chi connectivity index (χ1v) is 7.81. The number of carbonyl (C=O) groups excluding carboxylic acids is 2. The fraction of sp³-hybridized carbons (Fsp3) is 0.867. The number of likely N-dealkylation sites (tertiary alicyclic amines) is 1. The predicted molar refractivity (Wildman–Crippen MR) is 82.3 cm³/mol. The number of rotatable bonds is 5. The van der Waals surface area contributed by atoms with Crippen LogP contribution in [0.1, 0.15) is 53.4 Å². The number of hydrogen-bond acceptors (Lipinski definition) is 3. The monoisotopic (exact) mass is 299 g/mol. The molecule has 122 valence electrons. The van der Waals surface area contributed by atoms with Gasteiger partial charge in [-0.25, -0.2) is 9.59 Å². The van der Waals surface area contributed by atoms with Crippen LogP contribution < -0.4 is 10.6 Å². The Kier molecular flexibility index (Phi) is 6.78. The quantitative estimate of drug-likeness (QED) is 0.766. The lowest BCUT2D eigenvalue weighted by atomic mass is 10.2. The summed E-state index contributed by atoms with van der Waals surface area (Å²) in [5.41, 5.74) is -0.468. The van der Waals surface area contributed by atoms with Gasteiger partial charge in [-0.05, 0) is 53.4 Å². The van der Waals surface area contributed by atoms with Crippen molar-refractivity contribution in [1.82, 2.24) is 15.5 Å². The lowest BCUT2D eigenvalue weighted by molar-refractivity contribution is 0.0527. The third-order valence-corrected chi connectivity index (χ3v) is 3.36. The number of carbonyl (C=O) groups is 2. The molecule has 1 rings (SSSR count). The van der Waals surface area contributed by atoms with Gasteiger partial charge in [0.15, 0.2) is 0 Å². The van der Waals surface area contributed by atoms with E-state index in [0.717, 1.165) is 32.2 Å². The molecule has 0 unspecified atom stereocenters. The Hall–Kier alpha value is -1.46. The molecule has 21 heavy (non-hydrogen) atoms. The Morgan fingerprint density at radius 1 is 1.19 bits per heavy atom. The lowest BCUT2D eigenvalue weighted by Crippen LogP contribution is -2.42. The van der Waals surface area contributed by atoms with E-state index in [9.17, 15) is 9.59 Å². The number of unbranched alkanes of at least 4 members (excludes halogenated alkanes) is 1. The number of nitrogens with one attached hydrogen (secondary N) is 2. The largest absolute Gasteiger partial charge is 0.444 e. The molecule has 1 atom stereocenters. The topological polar surface area (TPSA) is 70.7 Å². The Labute approximate surface area is 127 Å². The molecule has 6 nitrogen and oxygen atoms in total. The van der Waals surface area contributed by atoms with E-state index in [-0.39, 0.29) is 6.03 Å². The van der Waals surface area contributed by atoms with E-state index in [2.05, 4.69) is 17.6 Å². The lowest BCUT2D eigenvalue weighted by Gasteiger charge is -2.21. The molecule has 0 aliphatic carbocycles. The molecule has 1 aliphatic rings. The van der Waals surface area contributed by atoms with Gasteiger partial charge < -0.3 is 20.3 Å². The summed E-state index contributed by atoms with van der Waals surface area (Å²) >= 11 is 0. The van der Waals surface area contributed by atoms with Crippen molar-refractivity contribution in [1.29, 1.82) is 0 Å². The fourth-order valence-electron chi connectivity index (χ4n) is 2.29. The molecule has 0 aromatic rings. The highest BCUT2D eigenvalue weighted by Gasteiger charge is 2.24. The second-order valence-electron chi connectivity index (χ2n) is 6.55. The van der Waals surface area contributed by atoms with Crippen molar-refractivity contribution in [2.75, 3.05) is 19.6 Å². The molecule has 0 saturated carbocycles. The second kappa shape index (κ2) is 8.10. The molecule has 1 aliphatic heterocycles. The van der Waals surface area contributed by atoms with Gasteiger partial charge in [0.05, 0.1) is 0 Å². The van der Waals surface area contributed by atoms with E-state index < -0.39 is 11.7 Å². The van der Waals surface area contributed by atoms with Gasteiger partial charge in [-0.15, -0.1) is 0 Å². The van der Waals surface area contributed by atoms with E-state index in [4.69, 9.17) is 4.74 Å². The van der Waals surface area contributed by atoms with E-state index >= 15 is 0 Å². The minimum Gasteiger partial charge on any atom is -0.444 e. The number of ether oxygens (including phenoxy) is 1. The zero-order valence-corrected chi connectivity index (χ0v) is 13.7. The first-order valence-electron chi connectivity index (χ1n) is 7.81. The summed E-state index contributed by atoms with van der Waals surface area (Å²) in [4.78, 5) is 25.2. The first-order chi connectivity index (χ1) is 9.79. The summed E-state index contributed by atoms with van der Waals surface area (Å²) in [6.07, 6.45) is 3.44. The Bertz CT molecular complexity index is 353. The molecule has 0 bridgehead atoms. The minimum absolute atomic E-state index is 0.0279. The molecule has 1 fully saturated rings. The number of amides is 3. The van der Waals surface area contributed by atoms with Gasteiger partial charge in [0.2, 0.25) is 0 Å². The summed E-state index contributed by atoms with van der Waals surface area (Å²) in [5.74, 6) is 0. The standard InChI is InChI=1S/C15H29N3O3/c1-12-8-7-11-18(12)13(19)16-9-5-6-10-17-14(20)21-15(2,3)4/h12H,5-11H2,1-4H3,(H,16,19)(H,17,20)/t12-/m1/s1. The van der Waals surface area contributed by atoms with Crippen LogP contribution in [0, 0.1) is 0 Å². The molecule has 2 N–H and O–H groups in total. The number of hydrogen-bond donors (Lipinski definition) is 2. The van der Waals surface area contributed by atoms with Gasteiger partial charge in [0.25, 0.3) is 0 Å². The average Bonchev–Trinajstić information content (AvgIpc) is 2.77. The van der Waals surface area contributed by atoms with Crippen molar-refractivity contribution in [2.45, 2.75) is 65.0 Å². The van der Waals surface area contributed by atoms with Crippen LogP contribution in [-0.4, -0.2) is 48.3 Å². The summed E-state index contributed by atoms with van der Waals surface area (Å²) < 4.78 is 5.14. The third kappa shape index (κ3) is 7.20. The van der Waals surface area contributed by atoms with Gasteiger partial charge >= 0.3 is 12.1 Å². The summed E-state index contributed by atoms with van der Waals surface area (Å²) in [6.45, 7) is 9.64. The van der Waals surface area contributed by atoms with Crippen molar-refractivity contribution in [3.05, 3.63) is 0 Å². The first kappa shape index (κ1) is 17.6. The number of urea groups is 1. The maximum atomic E-state index is 11.9. The minimum atomic E-state index is -0.468.